The number of rotatable bonds is 8. The van der Waals surface area contributed by atoms with Crippen LogP contribution < -0.4 is 15.0 Å². The first-order valence-electron chi connectivity index (χ1n) is 13.6. The Balaban J connectivity index is 0.996. The number of benzene rings is 4. The molecule has 1 N–H and O–H groups in total. The lowest BCUT2D eigenvalue weighted by molar-refractivity contribution is -0.113. The molecule has 1 aliphatic rings. The van der Waals surface area contributed by atoms with E-state index in [9.17, 15) is 9.59 Å². The zero-order valence-corrected chi connectivity index (χ0v) is 23.8. The SMILES string of the molecule is COc1ccccc1C(=O)N1CCN(c2ccc(NC(=O)CSc3nnc(-c4cccc5ccccc45)o3)cc2)CC1. The standard InChI is InChI=1S/C32H29N5O4S/c1-40-28-12-5-4-10-27(28)31(39)37-19-17-36(18-20-37)24-15-13-23(14-16-24)33-29(38)21-42-32-35-34-30(41-32)26-11-6-8-22-7-2-3-9-25(22)26/h2-16H,17-21H2,1H3,(H,33,38). The summed E-state index contributed by atoms with van der Waals surface area (Å²) in [5.41, 5.74) is 3.19. The van der Waals surface area contributed by atoms with E-state index >= 15 is 0 Å². The fourth-order valence-corrected chi connectivity index (χ4v) is 5.59. The van der Waals surface area contributed by atoms with E-state index in [1.54, 1.807) is 19.2 Å². The number of anilines is 2. The monoisotopic (exact) mass is 579 g/mol. The van der Waals surface area contributed by atoms with Gasteiger partial charge >= 0.3 is 0 Å². The minimum Gasteiger partial charge on any atom is -0.496 e. The number of nitrogens with one attached hydrogen (secondary N) is 1. The average molecular weight is 580 g/mol. The van der Waals surface area contributed by atoms with Crippen molar-refractivity contribution in [2.45, 2.75) is 5.22 Å². The van der Waals surface area contributed by atoms with E-state index in [0.29, 0.717) is 54.3 Å². The second-order valence-corrected chi connectivity index (χ2v) is 10.7. The number of fused-ring (bicyclic) bond motifs is 1. The van der Waals surface area contributed by atoms with Crippen LogP contribution in [0, 0.1) is 0 Å². The van der Waals surface area contributed by atoms with Crippen molar-refractivity contribution in [1.82, 2.24) is 15.1 Å². The van der Waals surface area contributed by atoms with Crippen LogP contribution in [0.4, 0.5) is 11.4 Å². The summed E-state index contributed by atoms with van der Waals surface area (Å²) < 4.78 is 11.2. The quantitative estimate of drug-likeness (QED) is 0.238. The molecule has 0 aliphatic carbocycles. The predicted molar refractivity (Wildman–Crippen MR) is 164 cm³/mol. The Morgan fingerprint density at radius 1 is 0.881 bits per heavy atom. The van der Waals surface area contributed by atoms with Gasteiger partial charge in [-0.25, -0.2) is 0 Å². The van der Waals surface area contributed by atoms with Gasteiger partial charge < -0.3 is 24.3 Å². The zero-order chi connectivity index (χ0) is 28.9. The summed E-state index contributed by atoms with van der Waals surface area (Å²) in [6.45, 7) is 2.66. The van der Waals surface area contributed by atoms with Crippen LogP contribution in [-0.4, -0.2) is 66.0 Å². The van der Waals surface area contributed by atoms with Crippen LogP contribution in [0.25, 0.3) is 22.2 Å². The molecule has 2 amide bonds. The fourth-order valence-electron chi connectivity index (χ4n) is 5.03. The smallest absolute Gasteiger partial charge is 0.277 e. The number of ether oxygens (including phenoxy) is 1. The van der Waals surface area contributed by atoms with Gasteiger partial charge in [0.05, 0.1) is 18.4 Å². The van der Waals surface area contributed by atoms with Gasteiger partial charge in [-0.05, 0) is 53.2 Å². The maximum atomic E-state index is 13.0. The van der Waals surface area contributed by atoms with Crippen LogP contribution in [-0.2, 0) is 4.79 Å². The Hall–Kier alpha value is -4.83. The highest BCUT2D eigenvalue weighted by atomic mass is 32.2. The van der Waals surface area contributed by atoms with Crippen molar-refractivity contribution < 1.29 is 18.7 Å². The Bertz CT molecular complexity index is 1710. The van der Waals surface area contributed by atoms with Gasteiger partial charge in [0.1, 0.15) is 5.75 Å². The minimum absolute atomic E-state index is 0.0201. The van der Waals surface area contributed by atoms with Crippen LogP contribution in [0.5, 0.6) is 5.75 Å². The molecule has 1 aliphatic heterocycles. The van der Waals surface area contributed by atoms with E-state index < -0.39 is 0 Å². The summed E-state index contributed by atoms with van der Waals surface area (Å²) in [4.78, 5) is 29.7. The number of hydrogen-bond acceptors (Lipinski definition) is 8. The molecule has 9 nitrogen and oxygen atoms in total. The van der Waals surface area contributed by atoms with Gasteiger partial charge in [-0.1, -0.05) is 60.3 Å². The molecule has 0 spiro atoms. The van der Waals surface area contributed by atoms with Crippen molar-refractivity contribution >= 4 is 45.7 Å². The lowest BCUT2D eigenvalue weighted by atomic mass is 10.0. The number of hydrogen-bond donors (Lipinski definition) is 1. The van der Waals surface area contributed by atoms with E-state index in [0.717, 1.165) is 22.0 Å². The van der Waals surface area contributed by atoms with Crippen LogP contribution >= 0.6 is 11.8 Å². The Labute approximate surface area is 247 Å². The third-order valence-electron chi connectivity index (χ3n) is 7.17. The molecule has 1 aromatic heterocycles. The summed E-state index contributed by atoms with van der Waals surface area (Å²) in [6.07, 6.45) is 0. The second-order valence-electron chi connectivity index (χ2n) is 9.76. The molecule has 10 heteroatoms. The first-order chi connectivity index (χ1) is 20.6. The van der Waals surface area contributed by atoms with E-state index in [1.807, 2.05) is 83.8 Å². The van der Waals surface area contributed by atoms with Crippen molar-refractivity contribution in [2.24, 2.45) is 0 Å². The van der Waals surface area contributed by atoms with Crippen LogP contribution in [0.3, 0.4) is 0 Å². The van der Waals surface area contributed by atoms with Crippen molar-refractivity contribution in [3.05, 3.63) is 96.6 Å². The minimum atomic E-state index is -0.166. The van der Waals surface area contributed by atoms with Crippen molar-refractivity contribution in [3.8, 4) is 17.2 Å². The number of thioether (sulfide) groups is 1. The molecule has 2 heterocycles. The lowest BCUT2D eigenvalue weighted by Gasteiger charge is -2.36. The third-order valence-corrected chi connectivity index (χ3v) is 7.99. The molecule has 0 radical (unpaired) electrons. The molecule has 0 unspecified atom stereocenters. The highest BCUT2D eigenvalue weighted by molar-refractivity contribution is 7.99. The number of piperazine rings is 1. The first kappa shape index (κ1) is 27.3. The molecule has 212 valence electrons. The molecule has 4 aromatic carbocycles. The average Bonchev–Trinajstić information content (AvgIpc) is 3.52. The molecule has 1 saturated heterocycles. The summed E-state index contributed by atoms with van der Waals surface area (Å²) in [6, 6.07) is 29.0. The van der Waals surface area contributed by atoms with Gasteiger partial charge in [0, 0.05) is 43.1 Å². The van der Waals surface area contributed by atoms with Gasteiger partial charge in [0.15, 0.2) is 0 Å². The predicted octanol–water partition coefficient (Wildman–Crippen LogP) is 5.59. The van der Waals surface area contributed by atoms with E-state index in [4.69, 9.17) is 9.15 Å². The number of nitrogens with zero attached hydrogens (tertiary/aromatic N) is 4. The lowest BCUT2D eigenvalue weighted by Crippen LogP contribution is -2.48. The Kier molecular flexibility index (Phi) is 8.05. The van der Waals surface area contributed by atoms with Crippen molar-refractivity contribution in [3.63, 3.8) is 0 Å². The Morgan fingerprint density at radius 2 is 1.62 bits per heavy atom. The summed E-state index contributed by atoms with van der Waals surface area (Å²) >= 11 is 1.20. The largest absolute Gasteiger partial charge is 0.496 e. The molecule has 42 heavy (non-hydrogen) atoms. The zero-order valence-electron chi connectivity index (χ0n) is 23.0. The van der Waals surface area contributed by atoms with E-state index in [1.165, 1.54) is 11.8 Å². The van der Waals surface area contributed by atoms with Crippen molar-refractivity contribution in [1.29, 1.82) is 0 Å². The first-order valence-corrected chi connectivity index (χ1v) is 14.6. The molecule has 6 rings (SSSR count). The Morgan fingerprint density at radius 3 is 2.43 bits per heavy atom. The van der Waals surface area contributed by atoms with Crippen LogP contribution in [0.1, 0.15) is 10.4 Å². The number of carbonyl (C=O) groups excluding carboxylic acids is 2. The number of aromatic nitrogens is 2. The molecular formula is C32H29N5O4S. The van der Waals surface area contributed by atoms with Gasteiger partial charge in [-0.15, -0.1) is 10.2 Å². The molecule has 5 aromatic rings. The maximum Gasteiger partial charge on any atom is 0.277 e. The highest BCUT2D eigenvalue weighted by Crippen LogP contribution is 2.30. The number of amides is 2. The van der Waals surface area contributed by atoms with Gasteiger partial charge in [0.25, 0.3) is 11.1 Å². The van der Waals surface area contributed by atoms with Gasteiger partial charge in [-0.2, -0.15) is 0 Å². The highest BCUT2D eigenvalue weighted by Gasteiger charge is 2.24. The molecular weight excluding hydrogens is 550 g/mol. The maximum absolute atomic E-state index is 13.0. The van der Waals surface area contributed by atoms with Crippen LogP contribution in [0.2, 0.25) is 0 Å². The van der Waals surface area contributed by atoms with Gasteiger partial charge in [-0.3, -0.25) is 9.59 Å². The summed E-state index contributed by atoms with van der Waals surface area (Å²) in [7, 11) is 1.58. The normalized spacial score (nSPS) is 13.3. The third kappa shape index (κ3) is 5.94. The second kappa shape index (κ2) is 12.4. The summed E-state index contributed by atoms with van der Waals surface area (Å²) in [5, 5.41) is 13.7. The molecule has 1 fully saturated rings. The number of carbonyl (C=O) groups is 2. The van der Waals surface area contributed by atoms with Gasteiger partial charge in [0.2, 0.25) is 11.8 Å². The van der Waals surface area contributed by atoms with Crippen LogP contribution in [0.15, 0.2) is 101 Å². The topological polar surface area (TPSA) is 101 Å². The summed E-state index contributed by atoms with van der Waals surface area (Å²) in [5.74, 6) is 0.967. The van der Waals surface area contributed by atoms with E-state index in [-0.39, 0.29) is 17.6 Å². The molecule has 0 atom stereocenters. The molecule has 0 bridgehead atoms. The van der Waals surface area contributed by atoms with Crippen molar-refractivity contribution in [2.75, 3.05) is 49.3 Å². The number of methoxy groups -OCH3 is 1. The fraction of sp³-hybridized carbons (Fsp3) is 0.188. The van der Waals surface area contributed by atoms with E-state index in [2.05, 4.69) is 20.4 Å². The molecule has 0 saturated carbocycles. The number of para-hydroxylation sites is 1.